The van der Waals surface area contributed by atoms with Crippen LogP contribution in [0.15, 0.2) is 164 Å². The SMILES string of the molecule is CCOc1ccc(C(OC)c2cc(C3(OC)O[C@H](COC(=O)c4ccccc4)[C@@H](OC(=O)c4ccccc4)[C@H](OC(=O)c4ccccc4)[C@H]3OC(=O)c3ccccc3)ccc2Cl)cc1. The Morgan fingerprint density at radius 3 is 1.58 bits per heavy atom. The van der Waals surface area contributed by atoms with Gasteiger partial charge in [-0.25, -0.2) is 19.2 Å². The molecule has 0 spiro atoms. The van der Waals surface area contributed by atoms with Crippen molar-refractivity contribution in [2.75, 3.05) is 27.4 Å². The van der Waals surface area contributed by atoms with Crippen molar-refractivity contribution < 1.29 is 57.1 Å². The number of hydrogen-bond acceptors (Lipinski definition) is 12. The number of carbonyl (C=O) groups is 4. The minimum atomic E-state index is -2.19. The lowest BCUT2D eigenvalue weighted by Gasteiger charge is -2.50. The van der Waals surface area contributed by atoms with E-state index in [0.717, 1.165) is 5.56 Å². The molecule has 1 fully saturated rings. The van der Waals surface area contributed by atoms with Gasteiger partial charge in [0, 0.05) is 30.4 Å². The van der Waals surface area contributed by atoms with Gasteiger partial charge in [0.05, 0.1) is 28.9 Å². The molecule has 64 heavy (non-hydrogen) atoms. The average molecular weight is 885 g/mol. The van der Waals surface area contributed by atoms with Crippen molar-refractivity contribution in [1.29, 1.82) is 0 Å². The van der Waals surface area contributed by atoms with Crippen molar-refractivity contribution in [3.8, 4) is 5.75 Å². The average Bonchev–Trinajstić information content (AvgIpc) is 3.34. The summed E-state index contributed by atoms with van der Waals surface area (Å²) in [5, 5.41) is 0.305. The van der Waals surface area contributed by atoms with Crippen LogP contribution in [0.5, 0.6) is 5.75 Å². The lowest BCUT2D eigenvalue weighted by Crippen LogP contribution is -2.67. The molecule has 1 aliphatic rings. The smallest absolute Gasteiger partial charge is 0.338 e. The Morgan fingerprint density at radius 1 is 0.609 bits per heavy atom. The second-order valence-corrected chi connectivity index (χ2v) is 14.9. The van der Waals surface area contributed by atoms with E-state index in [0.29, 0.717) is 22.9 Å². The molecule has 0 aliphatic carbocycles. The third-order valence-electron chi connectivity index (χ3n) is 10.5. The highest BCUT2D eigenvalue weighted by atomic mass is 35.5. The van der Waals surface area contributed by atoms with E-state index in [9.17, 15) is 19.2 Å². The summed E-state index contributed by atoms with van der Waals surface area (Å²) in [4.78, 5) is 56.1. The lowest BCUT2D eigenvalue weighted by molar-refractivity contribution is -0.363. The van der Waals surface area contributed by atoms with Crippen LogP contribution in [0.25, 0.3) is 0 Å². The minimum absolute atomic E-state index is 0.136. The minimum Gasteiger partial charge on any atom is -0.494 e. The van der Waals surface area contributed by atoms with Crippen molar-refractivity contribution in [3.63, 3.8) is 0 Å². The first-order valence-corrected chi connectivity index (χ1v) is 20.8. The summed E-state index contributed by atoms with van der Waals surface area (Å²) < 4.78 is 49.8. The van der Waals surface area contributed by atoms with E-state index in [4.69, 9.17) is 49.5 Å². The second kappa shape index (κ2) is 21.0. The molecule has 6 aromatic rings. The number of rotatable bonds is 16. The Bertz CT molecular complexity index is 2500. The molecule has 0 aromatic heterocycles. The molecule has 0 bridgehead atoms. The molecule has 1 aliphatic heterocycles. The molecule has 0 amide bonds. The Kier molecular flexibility index (Phi) is 14.9. The van der Waals surface area contributed by atoms with Crippen molar-refractivity contribution in [1.82, 2.24) is 0 Å². The molecule has 1 heterocycles. The molecule has 1 saturated heterocycles. The van der Waals surface area contributed by atoms with Gasteiger partial charge in [0.2, 0.25) is 11.9 Å². The standard InChI is InChI=1S/C51H45ClO12/c1-4-59-39-28-25-33(26-29-39)43(57-2)40-31-38(27-30-41(40)52)51(58-3)46(63-50(56)37-23-15-8-16-24-37)45(62-49(55)36-21-13-7-14-22-36)44(61-48(54)35-19-11-6-12-20-35)42(64-51)32-60-47(53)34-17-9-5-10-18-34/h5-31,42-46H,4,32H2,1-3H3/t42-,43?,44-,45+,46-,51?/m1/s1. The van der Waals surface area contributed by atoms with Crippen LogP contribution in [0.1, 0.15) is 71.2 Å². The molecule has 7 rings (SSSR count). The van der Waals surface area contributed by atoms with Crippen molar-refractivity contribution in [2.45, 2.75) is 43.2 Å². The third kappa shape index (κ3) is 10.2. The summed E-state index contributed by atoms with van der Waals surface area (Å²) in [7, 11) is 2.84. The number of methoxy groups -OCH3 is 2. The highest BCUT2D eigenvalue weighted by Gasteiger charge is 2.62. The molecule has 13 heteroatoms. The molecular weight excluding hydrogens is 840 g/mol. The first-order chi connectivity index (χ1) is 31.1. The predicted octanol–water partition coefficient (Wildman–Crippen LogP) is 9.21. The van der Waals surface area contributed by atoms with Crippen molar-refractivity contribution in [2.24, 2.45) is 0 Å². The van der Waals surface area contributed by atoms with Crippen molar-refractivity contribution >= 4 is 35.5 Å². The van der Waals surface area contributed by atoms with Crippen LogP contribution in [-0.4, -0.2) is 75.7 Å². The molecular formula is C51H45ClO12. The molecule has 0 saturated carbocycles. The van der Waals surface area contributed by atoms with E-state index in [-0.39, 0.29) is 27.8 Å². The fourth-order valence-corrected chi connectivity index (χ4v) is 7.65. The summed E-state index contributed by atoms with van der Waals surface area (Å²) in [6.07, 6.45) is -7.20. The van der Waals surface area contributed by atoms with Crippen LogP contribution >= 0.6 is 11.6 Å². The molecule has 328 valence electrons. The summed E-state index contributed by atoms with van der Waals surface area (Å²) >= 11 is 6.95. The van der Waals surface area contributed by atoms with Gasteiger partial charge >= 0.3 is 23.9 Å². The first-order valence-electron chi connectivity index (χ1n) is 20.4. The monoisotopic (exact) mass is 884 g/mol. The lowest BCUT2D eigenvalue weighted by atomic mass is 9.85. The molecule has 0 radical (unpaired) electrons. The molecule has 2 unspecified atom stereocenters. The molecule has 6 aromatic carbocycles. The van der Waals surface area contributed by atoms with E-state index in [2.05, 4.69) is 0 Å². The van der Waals surface area contributed by atoms with Gasteiger partial charge in [-0.05, 0) is 85.3 Å². The van der Waals surface area contributed by atoms with Gasteiger partial charge in [-0.3, -0.25) is 0 Å². The zero-order chi connectivity index (χ0) is 45.1. The maximum atomic E-state index is 14.3. The van der Waals surface area contributed by atoms with Crippen LogP contribution in [0.4, 0.5) is 0 Å². The van der Waals surface area contributed by atoms with Gasteiger partial charge in [-0.15, -0.1) is 0 Å². The number of esters is 4. The highest BCUT2D eigenvalue weighted by molar-refractivity contribution is 6.31. The Balaban J connectivity index is 1.41. The molecule has 12 nitrogen and oxygen atoms in total. The first kappa shape index (κ1) is 45.2. The van der Waals surface area contributed by atoms with Crippen LogP contribution in [-0.2, 0) is 38.9 Å². The number of ether oxygens (including phenoxy) is 8. The van der Waals surface area contributed by atoms with Gasteiger partial charge < -0.3 is 37.9 Å². The van der Waals surface area contributed by atoms with Crippen LogP contribution < -0.4 is 4.74 Å². The highest BCUT2D eigenvalue weighted by Crippen LogP contribution is 2.46. The quantitative estimate of drug-likeness (QED) is 0.0676. The molecule has 0 N–H and O–H groups in total. The summed E-state index contributed by atoms with van der Waals surface area (Å²) in [6, 6.07) is 44.8. The van der Waals surface area contributed by atoms with E-state index in [1.807, 2.05) is 31.2 Å². The number of hydrogen-bond donors (Lipinski definition) is 0. The number of halogens is 1. The summed E-state index contributed by atoms with van der Waals surface area (Å²) in [5.41, 5.74) is 2.07. The largest absolute Gasteiger partial charge is 0.494 e. The zero-order valence-corrected chi connectivity index (χ0v) is 35.9. The van der Waals surface area contributed by atoms with E-state index in [1.165, 1.54) is 26.4 Å². The van der Waals surface area contributed by atoms with Gasteiger partial charge in [-0.2, -0.15) is 0 Å². The summed E-state index contributed by atoms with van der Waals surface area (Å²) in [6.45, 7) is 1.81. The Morgan fingerprint density at radius 2 is 1.09 bits per heavy atom. The Hall–Kier alpha value is -6.83. The van der Waals surface area contributed by atoms with Crippen LogP contribution in [0, 0.1) is 0 Å². The maximum Gasteiger partial charge on any atom is 0.338 e. The normalized spacial score (nSPS) is 19.7. The van der Waals surface area contributed by atoms with Gasteiger partial charge in [0.1, 0.15) is 24.6 Å². The number of carbonyl (C=O) groups excluding carboxylic acids is 4. The van der Waals surface area contributed by atoms with Crippen LogP contribution in [0.3, 0.4) is 0 Å². The molecule has 6 atom stereocenters. The maximum absolute atomic E-state index is 14.3. The van der Waals surface area contributed by atoms with Crippen LogP contribution in [0.2, 0.25) is 5.02 Å². The topological polar surface area (TPSA) is 142 Å². The van der Waals surface area contributed by atoms with Gasteiger partial charge in [0.25, 0.3) is 0 Å². The third-order valence-corrected chi connectivity index (χ3v) is 10.9. The second-order valence-electron chi connectivity index (χ2n) is 14.5. The zero-order valence-electron chi connectivity index (χ0n) is 35.2. The number of benzene rings is 6. The predicted molar refractivity (Wildman–Crippen MR) is 235 cm³/mol. The fourth-order valence-electron chi connectivity index (χ4n) is 7.43. The van der Waals surface area contributed by atoms with Crippen molar-refractivity contribution in [3.05, 3.63) is 208 Å². The Labute approximate surface area is 375 Å². The fraction of sp³-hybridized carbons (Fsp3) is 0.216. The van der Waals surface area contributed by atoms with Gasteiger partial charge in [0.15, 0.2) is 12.2 Å². The van der Waals surface area contributed by atoms with E-state index < -0.39 is 66.8 Å². The van der Waals surface area contributed by atoms with E-state index in [1.54, 1.807) is 127 Å². The van der Waals surface area contributed by atoms with Gasteiger partial charge in [-0.1, -0.05) is 103 Å². The van der Waals surface area contributed by atoms with E-state index >= 15 is 0 Å². The summed E-state index contributed by atoms with van der Waals surface area (Å²) in [5.74, 6) is -4.79.